The van der Waals surface area contributed by atoms with Crippen molar-refractivity contribution >= 4 is 29.3 Å². The highest BCUT2D eigenvalue weighted by molar-refractivity contribution is 7.66. The van der Waals surface area contributed by atoms with E-state index in [9.17, 15) is 46.8 Å². The summed E-state index contributed by atoms with van der Waals surface area (Å²) in [6.07, 6.45) is -10.9. The number of phosphoric acid groups is 3. The van der Waals surface area contributed by atoms with E-state index in [0.29, 0.717) is 6.20 Å². The van der Waals surface area contributed by atoms with Crippen LogP contribution in [-0.2, 0) is 31.6 Å². The molecular formula is C10H15F3N3O14P3. The third-order valence-corrected chi connectivity index (χ3v) is 7.69. The monoisotopic (exact) mass is 551 g/mol. The first kappa shape index (κ1) is 28.0. The first-order valence-electron chi connectivity index (χ1n) is 7.95. The highest BCUT2D eigenvalue weighted by Gasteiger charge is 2.62. The number of hydrogen-bond acceptors (Lipinski definition) is 12. The Morgan fingerprint density at radius 3 is 2.27 bits per heavy atom. The van der Waals surface area contributed by atoms with Crippen LogP contribution in [0.2, 0.25) is 0 Å². The third-order valence-electron chi connectivity index (χ3n) is 3.90. The van der Waals surface area contributed by atoms with Gasteiger partial charge < -0.3 is 40.3 Å². The maximum atomic E-state index is 13.8. The molecule has 1 aliphatic rings. The summed E-state index contributed by atoms with van der Waals surface area (Å²) >= 11 is 0. The number of nitrogen functional groups attached to an aromatic ring is 1. The first-order valence-corrected chi connectivity index (χ1v) is 12.5. The van der Waals surface area contributed by atoms with Crippen molar-refractivity contribution in [1.29, 1.82) is 0 Å². The van der Waals surface area contributed by atoms with Crippen LogP contribution in [0.1, 0.15) is 6.23 Å². The lowest BCUT2D eigenvalue weighted by molar-refractivity contribution is -0.193. The molecule has 0 aliphatic carbocycles. The summed E-state index contributed by atoms with van der Waals surface area (Å²) in [4.78, 5) is 50.2. The Kier molecular flexibility index (Phi) is 8.00. The van der Waals surface area contributed by atoms with E-state index in [4.69, 9.17) is 25.2 Å². The lowest BCUT2D eigenvalue weighted by atomic mass is 9.96. The molecule has 0 radical (unpaired) electrons. The maximum Gasteiger partial charge on any atom is 0.490 e. The number of nitrogens with two attached hydrogens (primary N) is 1. The third kappa shape index (κ3) is 6.46. The Balaban J connectivity index is 2.30. The number of aliphatic hydroxyl groups is 2. The van der Waals surface area contributed by atoms with Gasteiger partial charge in [0.05, 0.1) is 12.8 Å². The Morgan fingerprint density at radius 2 is 1.76 bits per heavy atom. The van der Waals surface area contributed by atoms with Gasteiger partial charge in [0.25, 0.3) is 6.43 Å². The van der Waals surface area contributed by atoms with E-state index >= 15 is 0 Å². The number of hydrogen-bond donors (Lipinski definition) is 7. The van der Waals surface area contributed by atoms with E-state index in [1.807, 2.05) is 0 Å². The molecule has 1 aromatic heterocycles. The molecule has 1 aliphatic heterocycles. The van der Waals surface area contributed by atoms with Crippen molar-refractivity contribution in [3.05, 3.63) is 22.5 Å². The Bertz CT molecular complexity index is 1100. The van der Waals surface area contributed by atoms with Crippen molar-refractivity contribution in [2.24, 2.45) is 0 Å². The Hall–Kier alpha value is -1.24. The van der Waals surface area contributed by atoms with Crippen molar-refractivity contribution in [1.82, 2.24) is 9.55 Å². The zero-order chi connectivity index (χ0) is 25.6. The number of aliphatic hydroxyl groups excluding tert-OH is 2. The van der Waals surface area contributed by atoms with Gasteiger partial charge >= 0.3 is 29.2 Å². The summed E-state index contributed by atoms with van der Waals surface area (Å²) in [6, 6.07) is 0. The van der Waals surface area contributed by atoms with Gasteiger partial charge in [-0.1, -0.05) is 0 Å². The summed E-state index contributed by atoms with van der Waals surface area (Å²) in [5, 5.41) is 20.1. The fraction of sp³-hybridized carbons (Fsp3) is 0.600. The van der Waals surface area contributed by atoms with Crippen molar-refractivity contribution < 1.29 is 74.5 Å². The second-order valence-corrected chi connectivity index (χ2v) is 10.6. The molecule has 2 heterocycles. The van der Waals surface area contributed by atoms with Gasteiger partial charge in [-0.3, -0.25) is 9.09 Å². The summed E-state index contributed by atoms with van der Waals surface area (Å²) in [5.74, 6) is -2.24. The normalized spacial score (nSPS) is 29.7. The summed E-state index contributed by atoms with van der Waals surface area (Å²) in [5.41, 5.74) is 0.231. The van der Waals surface area contributed by atoms with Crippen molar-refractivity contribution in [2.75, 3.05) is 12.3 Å². The predicted molar refractivity (Wildman–Crippen MR) is 93.6 cm³/mol. The highest BCUT2D eigenvalue weighted by atomic mass is 31.3. The van der Waals surface area contributed by atoms with E-state index in [1.54, 1.807) is 0 Å². The molecule has 8 N–H and O–H groups in total. The lowest BCUT2D eigenvalue weighted by Crippen LogP contribution is -2.52. The van der Waals surface area contributed by atoms with Gasteiger partial charge in [0, 0.05) is 0 Å². The van der Waals surface area contributed by atoms with Crippen LogP contribution in [0, 0.1) is 5.82 Å². The van der Waals surface area contributed by atoms with Gasteiger partial charge in [-0.25, -0.2) is 31.7 Å². The van der Waals surface area contributed by atoms with Crippen LogP contribution in [0.15, 0.2) is 11.0 Å². The number of anilines is 1. The van der Waals surface area contributed by atoms with Gasteiger partial charge in [-0.15, -0.1) is 0 Å². The number of halogens is 3. The fourth-order valence-corrected chi connectivity index (χ4v) is 5.58. The van der Waals surface area contributed by atoms with Gasteiger partial charge in [0.1, 0.15) is 12.2 Å². The first-order chi connectivity index (χ1) is 14.8. The van der Waals surface area contributed by atoms with Crippen LogP contribution in [0.3, 0.4) is 0 Å². The zero-order valence-electron chi connectivity index (χ0n) is 15.5. The topological polar surface area (TPSA) is 270 Å². The second-order valence-electron chi connectivity index (χ2n) is 6.23. The molecule has 2 unspecified atom stereocenters. The SMILES string of the molecule is Nc1nc(=O)n([C@@H]2O[C@@](COP(=O)(O)OP(=O)(O)OP(=O)(O)O)(C(F)F)[C@@H](O)[C@H]2O)cc1F. The van der Waals surface area contributed by atoms with Crippen LogP contribution < -0.4 is 11.4 Å². The van der Waals surface area contributed by atoms with Crippen molar-refractivity contribution in [3.8, 4) is 0 Å². The molecule has 0 amide bonds. The van der Waals surface area contributed by atoms with E-state index in [1.165, 1.54) is 0 Å². The van der Waals surface area contributed by atoms with Gasteiger partial charge in [-0.2, -0.15) is 13.6 Å². The van der Waals surface area contributed by atoms with Crippen LogP contribution in [-0.4, -0.2) is 70.2 Å². The molecule has 1 fully saturated rings. The van der Waals surface area contributed by atoms with Gasteiger partial charge in [0.2, 0.25) is 0 Å². The number of aromatic nitrogens is 2. The Labute approximate surface area is 179 Å². The number of ether oxygens (including phenoxy) is 1. The summed E-state index contributed by atoms with van der Waals surface area (Å²) in [6.45, 7) is -1.89. The molecule has 33 heavy (non-hydrogen) atoms. The van der Waals surface area contributed by atoms with E-state index in [2.05, 4.69) is 18.1 Å². The van der Waals surface area contributed by atoms with Crippen LogP contribution >= 0.6 is 23.5 Å². The predicted octanol–water partition coefficient (Wildman–Crippen LogP) is -1.44. The smallest absolute Gasteiger partial charge is 0.387 e. The zero-order valence-corrected chi connectivity index (χ0v) is 18.2. The van der Waals surface area contributed by atoms with Crippen molar-refractivity contribution in [2.45, 2.75) is 30.5 Å². The average molecular weight is 551 g/mol. The van der Waals surface area contributed by atoms with Gasteiger partial charge in [0.15, 0.2) is 23.5 Å². The average Bonchev–Trinajstić information content (AvgIpc) is 2.86. The highest BCUT2D eigenvalue weighted by Crippen LogP contribution is 2.66. The second kappa shape index (κ2) is 9.43. The molecular weight excluding hydrogens is 536 g/mol. The summed E-state index contributed by atoms with van der Waals surface area (Å²) in [7, 11) is -17.7. The number of phosphoric ester groups is 1. The maximum absolute atomic E-state index is 13.8. The Morgan fingerprint density at radius 1 is 1.18 bits per heavy atom. The summed E-state index contributed by atoms with van der Waals surface area (Å²) < 4.78 is 90.6. The van der Waals surface area contributed by atoms with E-state index in [0.717, 1.165) is 0 Å². The van der Waals surface area contributed by atoms with Crippen LogP contribution in [0.4, 0.5) is 19.0 Å². The van der Waals surface area contributed by atoms with Crippen LogP contribution in [0.25, 0.3) is 0 Å². The number of rotatable bonds is 9. The number of alkyl halides is 2. The standard InChI is InChI=1S/C10H15F3N3O14P3/c11-3-1-16(9(19)15-6(3)14)7-4(17)5(18)10(28-7,8(12)13)2-27-32(23,24)30-33(25,26)29-31(20,21)22/h1,4-5,7-8,17-18H,2H2,(H,23,24)(H,25,26)(H2,14,15,19)(H2,20,21,22)/t4-,5+,7-,10-/m1/s1. The molecule has 23 heteroatoms. The minimum Gasteiger partial charge on any atom is -0.387 e. The minimum absolute atomic E-state index is 0.133. The minimum atomic E-state index is -6.00. The quantitative estimate of drug-likeness (QED) is 0.173. The largest absolute Gasteiger partial charge is 0.490 e. The molecule has 0 aromatic carbocycles. The molecule has 0 bridgehead atoms. The van der Waals surface area contributed by atoms with E-state index < -0.39 is 77.9 Å². The molecule has 1 aromatic rings. The molecule has 6 atom stereocenters. The van der Waals surface area contributed by atoms with E-state index in [-0.39, 0.29) is 4.57 Å². The molecule has 17 nitrogen and oxygen atoms in total. The molecule has 0 saturated carbocycles. The molecule has 0 spiro atoms. The lowest BCUT2D eigenvalue weighted by Gasteiger charge is -2.31. The van der Waals surface area contributed by atoms with Gasteiger partial charge in [-0.05, 0) is 0 Å². The number of nitrogens with zero attached hydrogens (tertiary/aromatic N) is 2. The van der Waals surface area contributed by atoms with Crippen LogP contribution in [0.5, 0.6) is 0 Å². The van der Waals surface area contributed by atoms with Crippen molar-refractivity contribution in [3.63, 3.8) is 0 Å². The molecule has 1 saturated heterocycles. The fourth-order valence-electron chi connectivity index (χ4n) is 2.52. The molecule has 2 rings (SSSR count). The molecule has 190 valence electrons.